The Hall–Kier alpha value is -0.350. The second-order valence-corrected chi connectivity index (χ2v) is 5.54. The van der Waals surface area contributed by atoms with Gasteiger partial charge in [0.25, 0.3) is 0 Å². The monoisotopic (exact) mass is 187 g/mol. The molecular weight excluding hydrogens is 174 g/mol. The van der Waals surface area contributed by atoms with Gasteiger partial charge in [-0.05, 0) is 18.8 Å². The van der Waals surface area contributed by atoms with Crippen LogP contribution in [0.1, 0.15) is 12.8 Å². The zero-order chi connectivity index (χ0) is 8.77. The average Bonchev–Trinajstić information content (AvgIpc) is 1.88. The molecule has 3 nitrogen and oxygen atoms in total. The average molecular weight is 187 g/mol. The molecule has 0 aromatic rings. The molecule has 12 heavy (non-hydrogen) atoms. The second kappa shape index (κ2) is 2.57. The molecule has 0 aromatic carbocycles. The van der Waals surface area contributed by atoms with E-state index in [0.29, 0.717) is 5.92 Å². The molecule has 1 saturated heterocycles. The Morgan fingerprint density at radius 2 is 2.00 bits per heavy atom. The van der Waals surface area contributed by atoms with Crippen LogP contribution in [0.3, 0.4) is 0 Å². The van der Waals surface area contributed by atoms with E-state index in [1.807, 2.05) is 0 Å². The van der Waals surface area contributed by atoms with Gasteiger partial charge in [0.05, 0.1) is 6.26 Å². The minimum atomic E-state index is -2.94. The summed E-state index contributed by atoms with van der Waals surface area (Å²) in [6.45, 7) is 0.730. The molecular formula is C8H13NO2S. The van der Waals surface area contributed by atoms with Crippen molar-refractivity contribution in [2.45, 2.75) is 18.9 Å². The molecule has 1 fully saturated rings. The van der Waals surface area contributed by atoms with E-state index in [2.05, 4.69) is 12.2 Å². The Bertz CT molecular complexity index is 307. The Morgan fingerprint density at radius 3 is 2.58 bits per heavy atom. The van der Waals surface area contributed by atoms with Crippen LogP contribution in [0.25, 0.3) is 0 Å². The van der Waals surface area contributed by atoms with Crippen molar-refractivity contribution in [3.63, 3.8) is 0 Å². The van der Waals surface area contributed by atoms with Crippen molar-refractivity contribution < 1.29 is 8.42 Å². The van der Waals surface area contributed by atoms with Crippen molar-refractivity contribution in [3.8, 4) is 0 Å². The van der Waals surface area contributed by atoms with E-state index in [0.717, 1.165) is 19.4 Å². The van der Waals surface area contributed by atoms with Crippen molar-refractivity contribution in [3.05, 3.63) is 12.2 Å². The van der Waals surface area contributed by atoms with Crippen molar-refractivity contribution >= 4 is 10.0 Å². The SMILES string of the molecule is CS(=O)(=O)N1C[C@@H]2CC=CC[C@H]21. The molecule has 0 bridgehead atoms. The van der Waals surface area contributed by atoms with Crippen LogP contribution in [0.2, 0.25) is 0 Å². The molecule has 68 valence electrons. The zero-order valence-electron chi connectivity index (χ0n) is 7.10. The molecule has 2 rings (SSSR count). The van der Waals surface area contributed by atoms with Crippen LogP contribution >= 0.6 is 0 Å². The van der Waals surface area contributed by atoms with E-state index in [1.165, 1.54) is 6.26 Å². The third kappa shape index (κ3) is 1.19. The van der Waals surface area contributed by atoms with Gasteiger partial charge in [-0.15, -0.1) is 0 Å². The molecule has 1 aliphatic carbocycles. The fourth-order valence-corrected chi connectivity index (χ4v) is 3.23. The number of sulfonamides is 1. The van der Waals surface area contributed by atoms with Gasteiger partial charge in [0.15, 0.2) is 0 Å². The Morgan fingerprint density at radius 1 is 1.33 bits per heavy atom. The smallest absolute Gasteiger partial charge is 0.211 e. The molecule has 0 unspecified atom stereocenters. The van der Waals surface area contributed by atoms with E-state index in [1.54, 1.807) is 4.31 Å². The van der Waals surface area contributed by atoms with Crippen LogP contribution in [0.5, 0.6) is 0 Å². The molecule has 2 aliphatic rings. The lowest BCUT2D eigenvalue weighted by atomic mass is 9.83. The minimum absolute atomic E-state index is 0.269. The normalized spacial score (nSPS) is 35.8. The Kier molecular flexibility index (Phi) is 1.77. The maximum Gasteiger partial charge on any atom is 0.211 e. The van der Waals surface area contributed by atoms with Gasteiger partial charge in [0.1, 0.15) is 0 Å². The zero-order valence-corrected chi connectivity index (χ0v) is 7.92. The maximum atomic E-state index is 11.2. The first-order valence-electron chi connectivity index (χ1n) is 4.21. The molecule has 1 aliphatic heterocycles. The second-order valence-electron chi connectivity index (χ2n) is 3.60. The highest BCUT2D eigenvalue weighted by atomic mass is 32.2. The number of nitrogens with zero attached hydrogens (tertiary/aromatic N) is 1. The summed E-state index contributed by atoms with van der Waals surface area (Å²) in [4.78, 5) is 0. The quantitative estimate of drug-likeness (QED) is 0.564. The standard InChI is InChI=1S/C8H13NO2S/c1-12(10,11)9-6-7-4-2-3-5-8(7)9/h2-3,7-8H,4-6H2,1H3/t7-,8+/m0/s1. The van der Waals surface area contributed by atoms with Crippen molar-refractivity contribution in [1.29, 1.82) is 0 Å². The van der Waals surface area contributed by atoms with Crippen molar-refractivity contribution in [2.24, 2.45) is 5.92 Å². The third-order valence-corrected chi connectivity index (χ3v) is 4.01. The summed E-state index contributed by atoms with van der Waals surface area (Å²) in [7, 11) is -2.94. The van der Waals surface area contributed by atoms with E-state index in [4.69, 9.17) is 0 Å². The molecule has 2 atom stereocenters. The molecule has 0 saturated carbocycles. The van der Waals surface area contributed by atoms with Gasteiger partial charge in [-0.3, -0.25) is 0 Å². The molecule has 1 heterocycles. The summed E-state index contributed by atoms with van der Waals surface area (Å²) in [5.74, 6) is 0.588. The van der Waals surface area contributed by atoms with Crippen LogP contribution in [0.4, 0.5) is 0 Å². The lowest BCUT2D eigenvalue weighted by Crippen LogP contribution is -2.58. The lowest BCUT2D eigenvalue weighted by Gasteiger charge is -2.47. The fraction of sp³-hybridized carbons (Fsp3) is 0.750. The summed E-state index contributed by atoms with van der Waals surface area (Å²) in [5.41, 5.74) is 0. The van der Waals surface area contributed by atoms with Crippen LogP contribution in [0, 0.1) is 5.92 Å². The van der Waals surface area contributed by atoms with Crippen LogP contribution in [0.15, 0.2) is 12.2 Å². The van der Waals surface area contributed by atoms with Gasteiger partial charge in [0.2, 0.25) is 10.0 Å². The van der Waals surface area contributed by atoms with E-state index >= 15 is 0 Å². The number of fused-ring (bicyclic) bond motifs is 1. The summed E-state index contributed by atoms with van der Waals surface area (Å²) in [6.07, 6.45) is 7.48. The van der Waals surface area contributed by atoms with Gasteiger partial charge in [-0.25, -0.2) is 8.42 Å². The van der Waals surface area contributed by atoms with Gasteiger partial charge >= 0.3 is 0 Å². The maximum absolute atomic E-state index is 11.2. The number of hydrogen-bond donors (Lipinski definition) is 0. The molecule has 0 radical (unpaired) electrons. The lowest BCUT2D eigenvalue weighted by molar-refractivity contribution is 0.0998. The largest absolute Gasteiger partial charge is 0.212 e. The van der Waals surface area contributed by atoms with E-state index in [-0.39, 0.29) is 6.04 Å². The highest BCUT2D eigenvalue weighted by molar-refractivity contribution is 7.88. The Labute approximate surface area is 73.1 Å². The van der Waals surface area contributed by atoms with Gasteiger partial charge in [0, 0.05) is 12.6 Å². The molecule has 0 spiro atoms. The third-order valence-electron chi connectivity index (χ3n) is 2.74. The predicted octanol–water partition coefficient (Wildman–Crippen LogP) is 0.596. The highest BCUT2D eigenvalue weighted by Crippen LogP contribution is 2.35. The highest BCUT2D eigenvalue weighted by Gasteiger charge is 2.43. The first kappa shape index (κ1) is 8.26. The van der Waals surface area contributed by atoms with Crippen molar-refractivity contribution in [1.82, 2.24) is 4.31 Å². The van der Waals surface area contributed by atoms with Gasteiger partial charge in [-0.2, -0.15) is 4.31 Å². The molecule has 0 N–H and O–H groups in total. The van der Waals surface area contributed by atoms with Crippen LogP contribution < -0.4 is 0 Å². The number of hydrogen-bond acceptors (Lipinski definition) is 2. The summed E-state index contributed by atoms with van der Waals surface area (Å²) in [6, 6.07) is 0.269. The Balaban J connectivity index is 2.13. The summed E-state index contributed by atoms with van der Waals surface area (Å²) >= 11 is 0. The van der Waals surface area contributed by atoms with Crippen LogP contribution in [-0.2, 0) is 10.0 Å². The number of allylic oxidation sites excluding steroid dienone is 1. The number of rotatable bonds is 1. The van der Waals surface area contributed by atoms with Gasteiger partial charge in [-0.1, -0.05) is 12.2 Å². The summed E-state index contributed by atoms with van der Waals surface area (Å²) in [5, 5.41) is 0. The fourth-order valence-electron chi connectivity index (χ4n) is 2.01. The molecule has 4 heteroatoms. The minimum Gasteiger partial charge on any atom is -0.212 e. The van der Waals surface area contributed by atoms with Crippen molar-refractivity contribution in [2.75, 3.05) is 12.8 Å². The first-order valence-corrected chi connectivity index (χ1v) is 6.05. The summed E-state index contributed by atoms with van der Waals surface area (Å²) < 4.78 is 24.0. The van der Waals surface area contributed by atoms with Crippen LogP contribution in [-0.4, -0.2) is 31.6 Å². The first-order chi connectivity index (χ1) is 5.59. The molecule has 0 amide bonds. The van der Waals surface area contributed by atoms with E-state index in [9.17, 15) is 8.42 Å². The topological polar surface area (TPSA) is 37.4 Å². The van der Waals surface area contributed by atoms with Gasteiger partial charge < -0.3 is 0 Å². The molecule has 0 aromatic heterocycles. The van der Waals surface area contributed by atoms with E-state index < -0.39 is 10.0 Å². The predicted molar refractivity (Wildman–Crippen MR) is 47.2 cm³/mol.